The number of nitrogens with zero attached hydrogens (tertiary/aromatic N) is 3. The molecule has 1 aromatic carbocycles. The Morgan fingerprint density at radius 2 is 2.15 bits per heavy atom. The van der Waals surface area contributed by atoms with Gasteiger partial charge in [0.1, 0.15) is 12.4 Å². The molecule has 7 heteroatoms. The Kier molecular flexibility index (Phi) is 4.79. The predicted molar refractivity (Wildman–Crippen MR) is 94.0 cm³/mol. The van der Waals surface area contributed by atoms with Gasteiger partial charge in [0.25, 0.3) is 5.89 Å². The monoisotopic (exact) mass is 353 g/mol. The summed E-state index contributed by atoms with van der Waals surface area (Å²) in [5.74, 6) is 2.06. The fourth-order valence-corrected chi connectivity index (χ4v) is 2.84. The predicted octanol–water partition coefficient (Wildman–Crippen LogP) is 3.37. The Morgan fingerprint density at radius 3 is 3.00 bits per heavy atom. The van der Waals surface area contributed by atoms with Crippen LogP contribution in [0.15, 0.2) is 47.1 Å². The van der Waals surface area contributed by atoms with E-state index in [4.69, 9.17) is 18.7 Å². The van der Waals surface area contributed by atoms with Crippen molar-refractivity contribution in [3.05, 3.63) is 42.6 Å². The summed E-state index contributed by atoms with van der Waals surface area (Å²) in [5, 5.41) is 4.07. The summed E-state index contributed by atoms with van der Waals surface area (Å²) in [7, 11) is 1.56. The molecule has 26 heavy (non-hydrogen) atoms. The molecule has 0 aliphatic carbocycles. The summed E-state index contributed by atoms with van der Waals surface area (Å²) in [5.41, 5.74) is 1.52. The van der Waals surface area contributed by atoms with E-state index in [2.05, 4.69) is 15.1 Å². The quantitative estimate of drug-likeness (QED) is 0.672. The fraction of sp³-hybridized carbons (Fsp3) is 0.316. The van der Waals surface area contributed by atoms with Crippen molar-refractivity contribution in [1.82, 2.24) is 15.1 Å². The van der Waals surface area contributed by atoms with Gasteiger partial charge < -0.3 is 18.7 Å². The molecule has 0 radical (unpaired) electrons. The lowest BCUT2D eigenvalue weighted by molar-refractivity contribution is 0.0681. The third-order valence-corrected chi connectivity index (χ3v) is 4.19. The summed E-state index contributed by atoms with van der Waals surface area (Å²) in [6.07, 6.45) is 3.89. The maximum absolute atomic E-state index is 5.94. The average molecular weight is 353 g/mol. The summed E-state index contributed by atoms with van der Waals surface area (Å²) < 4.78 is 22.1. The Hall–Kier alpha value is -2.93. The van der Waals surface area contributed by atoms with Crippen molar-refractivity contribution in [3.8, 4) is 34.5 Å². The highest BCUT2D eigenvalue weighted by molar-refractivity contribution is 5.65. The molecule has 0 saturated carbocycles. The van der Waals surface area contributed by atoms with Crippen LogP contribution in [0.2, 0.25) is 0 Å². The van der Waals surface area contributed by atoms with E-state index < -0.39 is 0 Å². The molecule has 1 unspecified atom stereocenters. The number of benzene rings is 1. The second-order valence-electron chi connectivity index (χ2n) is 5.95. The zero-order chi connectivity index (χ0) is 17.8. The smallest absolute Gasteiger partial charge is 0.262 e. The van der Waals surface area contributed by atoms with Gasteiger partial charge in [0, 0.05) is 24.4 Å². The number of para-hydroxylation sites is 1. The molecule has 134 valence electrons. The van der Waals surface area contributed by atoms with Gasteiger partial charge in [-0.3, -0.25) is 0 Å². The van der Waals surface area contributed by atoms with Crippen molar-refractivity contribution in [3.63, 3.8) is 0 Å². The molecular weight excluding hydrogens is 334 g/mol. The normalized spacial score (nSPS) is 16.6. The molecule has 3 heterocycles. The van der Waals surface area contributed by atoms with Crippen molar-refractivity contribution in [2.45, 2.75) is 18.9 Å². The van der Waals surface area contributed by atoms with E-state index >= 15 is 0 Å². The number of ether oxygens (including phenoxy) is 3. The molecule has 0 N–H and O–H groups in total. The van der Waals surface area contributed by atoms with Crippen LogP contribution in [0.1, 0.15) is 12.8 Å². The summed E-state index contributed by atoms with van der Waals surface area (Å²) >= 11 is 0. The topological polar surface area (TPSA) is 79.5 Å². The first-order valence-corrected chi connectivity index (χ1v) is 8.51. The maximum Gasteiger partial charge on any atom is 0.262 e. The van der Waals surface area contributed by atoms with Crippen LogP contribution < -0.4 is 9.47 Å². The zero-order valence-electron chi connectivity index (χ0n) is 14.4. The zero-order valence-corrected chi connectivity index (χ0v) is 14.4. The number of hydrogen-bond acceptors (Lipinski definition) is 7. The van der Waals surface area contributed by atoms with Gasteiger partial charge in [0.15, 0.2) is 0 Å². The van der Waals surface area contributed by atoms with E-state index in [1.54, 1.807) is 25.4 Å². The molecule has 7 nitrogen and oxygen atoms in total. The molecule has 1 aliphatic heterocycles. The maximum atomic E-state index is 5.94. The van der Waals surface area contributed by atoms with Gasteiger partial charge in [-0.2, -0.15) is 4.98 Å². The number of aromatic nitrogens is 3. The van der Waals surface area contributed by atoms with E-state index in [-0.39, 0.29) is 6.10 Å². The van der Waals surface area contributed by atoms with Crippen molar-refractivity contribution >= 4 is 0 Å². The van der Waals surface area contributed by atoms with Crippen LogP contribution in [0.4, 0.5) is 0 Å². The lowest BCUT2D eigenvalue weighted by Gasteiger charge is -2.13. The molecule has 0 spiro atoms. The molecule has 3 aromatic rings. The standard InChI is InChI=1S/C19H19N3O4/c1-23-17-11-13(8-9-20-17)18-21-19(26-22-18)15-6-2-3-7-16(15)25-12-14-5-4-10-24-14/h2-3,6-9,11,14H,4-5,10,12H2,1H3. The lowest BCUT2D eigenvalue weighted by atomic mass is 10.2. The summed E-state index contributed by atoms with van der Waals surface area (Å²) in [6.45, 7) is 1.32. The van der Waals surface area contributed by atoms with E-state index in [0.29, 0.717) is 30.0 Å². The van der Waals surface area contributed by atoms with Crippen LogP contribution in [0, 0.1) is 0 Å². The number of pyridine rings is 1. The second kappa shape index (κ2) is 7.53. The fourth-order valence-electron chi connectivity index (χ4n) is 2.84. The first-order chi connectivity index (χ1) is 12.8. The number of hydrogen-bond donors (Lipinski definition) is 0. The van der Waals surface area contributed by atoms with Gasteiger partial charge in [0.2, 0.25) is 11.7 Å². The summed E-state index contributed by atoms with van der Waals surface area (Å²) in [4.78, 5) is 8.58. The van der Waals surface area contributed by atoms with Gasteiger partial charge in [-0.05, 0) is 31.0 Å². The molecule has 2 aromatic heterocycles. The van der Waals surface area contributed by atoms with Gasteiger partial charge >= 0.3 is 0 Å². The highest BCUT2D eigenvalue weighted by atomic mass is 16.5. The van der Waals surface area contributed by atoms with Crippen LogP contribution >= 0.6 is 0 Å². The van der Waals surface area contributed by atoms with Crippen LogP contribution in [0.5, 0.6) is 11.6 Å². The largest absolute Gasteiger partial charge is 0.490 e. The number of methoxy groups -OCH3 is 1. The average Bonchev–Trinajstić information content (AvgIpc) is 3.39. The lowest BCUT2D eigenvalue weighted by Crippen LogP contribution is -2.16. The van der Waals surface area contributed by atoms with E-state index in [9.17, 15) is 0 Å². The Morgan fingerprint density at radius 1 is 1.23 bits per heavy atom. The first-order valence-electron chi connectivity index (χ1n) is 8.51. The minimum atomic E-state index is 0.144. The molecule has 0 bridgehead atoms. The van der Waals surface area contributed by atoms with Gasteiger partial charge in [-0.15, -0.1) is 0 Å². The van der Waals surface area contributed by atoms with E-state index in [1.807, 2.05) is 24.3 Å². The third kappa shape index (κ3) is 3.52. The van der Waals surface area contributed by atoms with Crippen LogP contribution in [-0.2, 0) is 4.74 Å². The summed E-state index contributed by atoms with van der Waals surface area (Å²) in [6, 6.07) is 11.2. The highest BCUT2D eigenvalue weighted by Crippen LogP contribution is 2.31. The van der Waals surface area contributed by atoms with Crippen molar-refractivity contribution < 1.29 is 18.7 Å². The Labute approximate surface area is 150 Å². The number of rotatable bonds is 6. The van der Waals surface area contributed by atoms with Gasteiger partial charge in [-0.1, -0.05) is 17.3 Å². The second-order valence-corrected chi connectivity index (χ2v) is 5.95. The van der Waals surface area contributed by atoms with E-state index in [0.717, 1.165) is 30.6 Å². The van der Waals surface area contributed by atoms with Crippen LogP contribution in [0.3, 0.4) is 0 Å². The van der Waals surface area contributed by atoms with Crippen molar-refractivity contribution in [1.29, 1.82) is 0 Å². The molecule has 0 amide bonds. The van der Waals surface area contributed by atoms with Gasteiger partial charge in [0.05, 0.1) is 18.8 Å². The van der Waals surface area contributed by atoms with Crippen LogP contribution in [0.25, 0.3) is 22.8 Å². The molecule has 1 fully saturated rings. The Balaban J connectivity index is 1.57. The van der Waals surface area contributed by atoms with E-state index in [1.165, 1.54) is 0 Å². The Bertz CT molecular complexity index is 874. The molecule has 1 saturated heterocycles. The highest BCUT2D eigenvalue weighted by Gasteiger charge is 2.19. The minimum absolute atomic E-state index is 0.144. The minimum Gasteiger partial charge on any atom is -0.490 e. The first kappa shape index (κ1) is 16.5. The van der Waals surface area contributed by atoms with Gasteiger partial charge in [-0.25, -0.2) is 4.98 Å². The molecular formula is C19H19N3O4. The van der Waals surface area contributed by atoms with Crippen molar-refractivity contribution in [2.75, 3.05) is 20.3 Å². The molecule has 1 aliphatic rings. The van der Waals surface area contributed by atoms with Crippen molar-refractivity contribution in [2.24, 2.45) is 0 Å². The molecule has 4 rings (SSSR count). The molecule has 1 atom stereocenters. The SMILES string of the molecule is COc1cc(-c2noc(-c3ccccc3OCC3CCCO3)n2)ccn1. The van der Waals surface area contributed by atoms with Crippen LogP contribution in [-0.4, -0.2) is 41.6 Å². The third-order valence-electron chi connectivity index (χ3n) is 4.19.